The first-order valence-electron chi connectivity index (χ1n) is 4.72. The number of unbranched alkanes of at least 4 members (excludes halogenated alkanes) is 1. The molecule has 0 bridgehead atoms. The number of carbonyl (C=O) groups is 2. The molecule has 0 saturated heterocycles. The molecule has 0 aliphatic heterocycles. The third-order valence-electron chi connectivity index (χ3n) is 1.56. The molecule has 0 rings (SSSR count). The molecule has 0 unspecified atom stereocenters. The van der Waals surface area contributed by atoms with Gasteiger partial charge < -0.3 is 15.2 Å². The molecule has 1 amide bonds. The lowest BCUT2D eigenvalue weighted by molar-refractivity contribution is -0.143. The van der Waals surface area contributed by atoms with Crippen LogP contribution in [-0.4, -0.2) is 48.8 Å². The van der Waals surface area contributed by atoms with Crippen LogP contribution in [0.5, 0.6) is 0 Å². The molecule has 0 spiro atoms. The van der Waals surface area contributed by atoms with Crippen LogP contribution >= 0.6 is 11.8 Å². The molecule has 0 aliphatic carbocycles. The fourth-order valence-corrected chi connectivity index (χ4v) is 1.37. The van der Waals surface area contributed by atoms with Gasteiger partial charge in [0.05, 0.1) is 0 Å². The topological polar surface area (TPSA) is 75.6 Å². The zero-order chi connectivity index (χ0) is 11.5. The van der Waals surface area contributed by atoms with E-state index in [0.29, 0.717) is 6.54 Å². The van der Waals surface area contributed by atoms with Crippen LogP contribution in [0.4, 0.5) is 0 Å². The van der Waals surface area contributed by atoms with E-state index in [1.807, 2.05) is 6.26 Å². The van der Waals surface area contributed by atoms with Crippen molar-refractivity contribution in [3.63, 3.8) is 0 Å². The summed E-state index contributed by atoms with van der Waals surface area (Å²) >= 11 is 1.77. The number of hydrogen-bond acceptors (Lipinski definition) is 4. The summed E-state index contributed by atoms with van der Waals surface area (Å²) in [6.07, 6.45) is 4.04. The summed E-state index contributed by atoms with van der Waals surface area (Å²) in [6, 6.07) is 0. The normalized spacial score (nSPS) is 9.93. The molecular formula is C9H17NO4S. The second-order valence-corrected chi connectivity index (χ2v) is 3.92. The maximum Gasteiger partial charge on any atom is 0.329 e. The molecule has 88 valence electrons. The number of amides is 1. The minimum Gasteiger partial charge on any atom is -0.480 e. The van der Waals surface area contributed by atoms with Crippen molar-refractivity contribution in [1.29, 1.82) is 0 Å². The van der Waals surface area contributed by atoms with E-state index in [4.69, 9.17) is 5.11 Å². The number of nitrogens with one attached hydrogen (secondary N) is 1. The average molecular weight is 235 g/mol. The van der Waals surface area contributed by atoms with Crippen molar-refractivity contribution in [2.75, 3.05) is 31.8 Å². The summed E-state index contributed by atoms with van der Waals surface area (Å²) < 4.78 is 4.62. The van der Waals surface area contributed by atoms with Crippen LogP contribution in [0.2, 0.25) is 0 Å². The van der Waals surface area contributed by atoms with Crippen LogP contribution in [0.15, 0.2) is 0 Å². The van der Waals surface area contributed by atoms with Gasteiger partial charge >= 0.3 is 5.97 Å². The van der Waals surface area contributed by atoms with E-state index in [2.05, 4.69) is 10.1 Å². The molecule has 5 nitrogen and oxygen atoms in total. The highest BCUT2D eigenvalue weighted by atomic mass is 32.2. The Hall–Kier alpha value is -0.750. The maximum absolute atomic E-state index is 11.0. The Labute approximate surface area is 93.6 Å². The second kappa shape index (κ2) is 9.79. The highest BCUT2D eigenvalue weighted by Crippen LogP contribution is 1.97. The van der Waals surface area contributed by atoms with Crippen LogP contribution in [0.3, 0.4) is 0 Å². The summed E-state index contributed by atoms with van der Waals surface area (Å²) in [4.78, 5) is 21.1. The standard InChI is InChI=1S/C9H17NO4S/c1-15-5-3-2-4-10-8(11)6-14-7-9(12)13/h2-7H2,1H3,(H,10,11)(H,12,13). The van der Waals surface area contributed by atoms with Gasteiger partial charge in [-0.3, -0.25) is 4.79 Å². The van der Waals surface area contributed by atoms with Gasteiger partial charge in [0.25, 0.3) is 0 Å². The molecule has 0 radical (unpaired) electrons. The Morgan fingerprint density at radius 2 is 2.07 bits per heavy atom. The van der Waals surface area contributed by atoms with Crippen molar-refractivity contribution in [1.82, 2.24) is 5.32 Å². The van der Waals surface area contributed by atoms with E-state index in [1.54, 1.807) is 11.8 Å². The second-order valence-electron chi connectivity index (χ2n) is 2.94. The minimum absolute atomic E-state index is 0.186. The van der Waals surface area contributed by atoms with Gasteiger partial charge in [-0.2, -0.15) is 11.8 Å². The van der Waals surface area contributed by atoms with Gasteiger partial charge in [-0.25, -0.2) is 4.79 Å². The van der Waals surface area contributed by atoms with Gasteiger partial charge in [-0.05, 0) is 24.9 Å². The Bertz CT molecular complexity index is 199. The Morgan fingerprint density at radius 1 is 1.33 bits per heavy atom. The molecule has 0 aromatic heterocycles. The lowest BCUT2D eigenvalue weighted by Crippen LogP contribution is -2.29. The fourth-order valence-electron chi connectivity index (χ4n) is 0.881. The van der Waals surface area contributed by atoms with Crippen molar-refractivity contribution < 1.29 is 19.4 Å². The molecule has 0 saturated carbocycles. The number of aliphatic carboxylic acids is 1. The van der Waals surface area contributed by atoms with Crippen molar-refractivity contribution in [2.24, 2.45) is 0 Å². The molecule has 0 aromatic rings. The van der Waals surface area contributed by atoms with Crippen LogP contribution in [-0.2, 0) is 14.3 Å². The Morgan fingerprint density at radius 3 is 2.67 bits per heavy atom. The summed E-state index contributed by atoms with van der Waals surface area (Å²) in [5.41, 5.74) is 0. The first-order valence-corrected chi connectivity index (χ1v) is 6.11. The zero-order valence-electron chi connectivity index (χ0n) is 8.82. The van der Waals surface area contributed by atoms with Crippen molar-refractivity contribution >= 4 is 23.6 Å². The van der Waals surface area contributed by atoms with Gasteiger partial charge in [-0.1, -0.05) is 0 Å². The third kappa shape index (κ3) is 11.2. The van der Waals surface area contributed by atoms with Crippen molar-refractivity contribution in [2.45, 2.75) is 12.8 Å². The van der Waals surface area contributed by atoms with Crippen LogP contribution in [0.1, 0.15) is 12.8 Å². The largest absolute Gasteiger partial charge is 0.480 e. The number of hydrogen-bond donors (Lipinski definition) is 2. The highest BCUT2D eigenvalue weighted by molar-refractivity contribution is 7.98. The number of thioether (sulfide) groups is 1. The van der Waals surface area contributed by atoms with E-state index in [9.17, 15) is 9.59 Å². The van der Waals surface area contributed by atoms with Gasteiger partial charge in [0, 0.05) is 6.54 Å². The van der Waals surface area contributed by atoms with Gasteiger partial charge in [0.1, 0.15) is 13.2 Å². The Kier molecular flexibility index (Phi) is 9.30. The van der Waals surface area contributed by atoms with Crippen molar-refractivity contribution in [3.8, 4) is 0 Å². The monoisotopic (exact) mass is 235 g/mol. The summed E-state index contributed by atoms with van der Waals surface area (Å²) in [6.45, 7) is 0.00451. The zero-order valence-corrected chi connectivity index (χ0v) is 9.64. The highest BCUT2D eigenvalue weighted by Gasteiger charge is 2.02. The third-order valence-corrected chi connectivity index (χ3v) is 2.25. The smallest absolute Gasteiger partial charge is 0.329 e. The quantitative estimate of drug-likeness (QED) is 0.564. The predicted octanol–water partition coefficient (Wildman–Crippen LogP) is 0.347. The lowest BCUT2D eigenvalue weighted by Gasteiger charge is -2.04. The van der Waals surface area contributed by atoms with E-state index in [0.717, 1.165) is 18.6 Å². The lowest BCUT2D eigenvalue weighted by atomic mass is 10.3. The molecule has 0 aromatic carbocycles. The van der Waals surface area contributed by atoms with Gasteiger partial charge in [0.15, 0.2) is 0 Å². The van der Waals surface area contributed by atoms with E-state index in [1.165, 1.54) is 0 Å². The summed E-state index contributed by atoms with van der Waals surface area (Å²) in [7, 11) is 0. The predicted molar refractivity (Wildman–Crippen MR) is 59.1 cm³/mol. The minimum atomic E-state index is -1.07. The summed E-state index contributed by atoms with van der Waals surface area (Å²) in [5, 5.41) is 10.9. The molecule has 6 heteroatoms. The molecular weight excluding hydrogens is 218 g/mol. The first-order chi connectivity index (χ1) is 7.16. The average Bonchev–Trinajstić information content (AvgIpc) is 2.17. The number of carboxylic acids is 1. The maximum atomic E-state index is 11.0. The molecule has 0 heterocycles. The van der Waals surface area contributed by atoms with Crippen LogP contribution in [0, 0.1) is 0 Å². The number of carboxylic acid groups (broad SMARTS) is 1. The fraction of sp³-hybridized carbons (Fsp3) is 0.778. The van der Waals surface area contributed by atoms with Crippen LogP contribution < -0.4 is 5.32 Å². The summed E-state index contributed by atoms with van der Waals surface area (Å²) in [5.74, 6) is -0.242. The SMILES string of the molecule is CSCCCCNC(=O)COCC(=O)O. The number of rotatable bonds is 9. The first kappa shape index (κ1) is 14.2. The molecule has 0 atom stereocenters. The van der Waals surface area contributed by atoms with E-state index >= 15 is 0 Å². The van der Waals surface area contributed by atoms with Crippen molar-refractivity contribution in [3.05, 3.63) is 0 Å². The van der Waals surface area contributed by atoms with Gasteiger partial charge in [-0.15, -0.1) is 0 Å². The van der Waals surface area contributed by atoms with Gasteiger partial charge in [0.2, 0.25) is 5.91 Å². The molecule has 0 fully saturated rings. The van der Waals surface area contributed by atoms with E-state index in [-0.39, 0.29) is 12.5 Å². The molecule has 15 heavy (non-hydrogen) atoms. The molecule has 0 aliphatic rings. The number of carbonyl (C=O) groups excluding carboxylic acids is 1. The van der Waals surface area contributed by atoms with Crippen LogP contribution in [0.25, 0.3) is 0 Å². The molecule has 2 N–H and O–H groups in total. The Balaban J connectivity index is 3.22. The number of ether oxygens (including phenoxy) is 1. The van der Waals surface area contributed by atoms with E-state index < -0.39 is 12.6 Å².